The summed E-state index contributed by atoms with van der Waals surface area (Å²) in [4.78, 5) is 0. The van der Waals surface area contributed by atoms with E-state index in [9.17, 15) is 5.11 Å². The molecule has 2 saturated carbocycles. The fourth-order valence-electron chi connectivity index (χ4n) is 3.17. The number of hydrogen-bond donors (Lipinski definition) is 2. The summed E-state index contributed by atoms with van der Waals surface area (Å²) in [5, 5.41) is 14.1. The molecule has 0 amide bonds. The molecule has 2 unspecified atom stereocenters. The number of hydrogen-bond acceptors (Lipinski definition) is 2. The first-order valence-corrected chi connectivity index (χ1v) is 7.09. The zero-order valence-electron chi connectivity index (χ0n) is 10.8. The molecule has 2 atom stereocenters. The number of rotatable bonds is 6. The van der Waals surface area contributed by atoms with Crippen LogP contribution in [0.5, 0.6) is 0 Å². The summed E-state index contributed by atoms with van der Waals surface area (Å²) in [6, 6.07) is 0.646. The molecule has 2 fully saturated rings. The van der Waals surface area contributed by atoms with Crippen molar-refractivity contribution in [3.8, 4) is 0 Å². The van der Waals surface area contributed by atoms with Crippen LogP contribution in [0, 0.1) is 11.8 Å². The average molecular weight is 225 g/mol. The molecule has 2 aliphatic rings. The maximum atomic E-state index is 10.5. The first kappa shape index (κ1) is 12.4. The van der Waals surface area contributed by atoms with E-state index < -0.39 is 5.60 Å². The van der Waals surface area contributed by atoms with Crippen molar-refractivity contribution in [3.63, 3.8) is 0 Å². The predicted molar refractivity (Wildman–Crippen MR) is 67.4 cm³/mol. The van der Waals surface area contributed by atoms with Gasteiger partial charge in [-0.2, -0.15) is 0 Å². The lowest BCUT2D eigenvalue weighted by atomic mass is 9.87. The van der Waals surface area contributed by atoms with E-state index in [1.807, 2.05) is 6.92 Å². The summed E-state index contributed by atoms with van der Waals surface area (Å²) in [7, 11) is 0. The van der Waals surface area contributed by atoms with Gasteiger partial charge in [0, 0.05) is 12.6 Å². The Morgan fingerprint density at radius 2 is 1.88 bits per heavy atom. The lowest BCUT2D eigenvalue weighted by molar-refractivity contribution is -0.000512. The number of aliphatic hydroxyl groups is 1. The standard InChI is InChI=1S/C14H27NO/c1-3-13(11-8-9-11)15-10-14(2,16)12-6-4-5-7-12/h11-13,15-16H,3-10H2,1-2H3. The maximum absolute atomic E-state index is 10.5. The highest BCUT2D eigenvalue weighted by Gasteiger charge is 2.36. The van der Waals surface area contributed by atoms with Gasteiger partial charge < -0.3 is 10.4 Å². The molecule has 0 saturated heterocycles. The van der Waals surface area contributed by atoms with Crippen LogP contribution in [-0.2, 0) is 0 Å². The highest BCUT2D eigenvalue weighted by Crippen LogP contribution is 2.36. The van der Waals surface area contributed by atoms with E-state index >= 15 is 0 Å². The molecule has 2 nitrogen and oxygen atoms in total. The van der Waals surface area contributed by atoms with E-state index in [2.05, 4.69) is 12.2 Å². The Bertz CT molecular complexity index is 217. The molecule has 0 aromatic heterocycles. The largest absolute Gasteiger partial charge is 0.389 e. The molecule has 2 rings (SSSR count). The van der Waals surface area contributed by atoms with Gasteiger partial charge in [0.1, 0.15) is 0 Å². The van der Waals surface area contributed by atoms with Gasteiger partial charge in [0.05, 0.1) is 5.60 Å². The van der Waals surface area contributed by atoms with Crippen LogP contribution in [0.4, 0.5) is 0 Å². The van der Waals surface area contributed by atoms with E-state index in [1.165, 1.54) is 44.9 Å². The Hall–Kier alpha value is -0.0800. The molecule has 2 aliphatic carbocycles. The maximum Gasteiger partial charge on any atom is 0.0771 e. The highest BCUT2D eigenvalue weighted by molar-refractivity contribution is 4.91. The van der Waals surface area contributed by atoms with E-state index in [0.29, 0.717) is 12.0 Å². The molecule has 2 N–H and O–H groups in total. The van der Waals surface area contributed by atoms with E-state index in [1.54, 1.807) is 0 Å². The molecule has 16 heavy (non-hydrogen) atoms. The normalized spacial score (nSPS) is 27.9. The van der Waals surface area contributed by atoms with E-state index in [4.69, 9.17) is 0 Å². The Morgan fingerprint density at radius 1 is 1.25 bits per heavy atom. The van der Waals surface area contributed by atoms with Crippen molar-refractivity contribution < 1.29 is 5.11 Å². The Morgan fingerprint density at radius 3 is 2.38 bits per heavy atom. The lowest BCUT2D eigenvalue weighted by Gasteiger charge is -2.32. The van der Waals surface area contributed by atoms with Gasteiger partial charge in [0.15, 0.2) is 0 Å². The van der Waals surface area contributed by atoms with Gasteiger partial charge in [0.2, 0.25) is 0 Å². The van der Waals surface area contributed by atoms with Crippen LogP contribution < -0.4 is 5.32 Å². The quantitative estimate of drug-likeness (QED) is 0.728. The summed E-state index contributed by atoms with van der Waals surface area (Å²) < 4.78 is 0. The summed E-state index contributed by atoms with van der Waals surface area (Å²) >= 11 is 0. The van der Waals surface area contributed by atoms with Crippen LogP contribution in [-0.4, -0.2) is 23.3 Å². The van der Waals surface area contributed by atoms with Crippen molar-refractivity contribution in [1.29, 1.82) is 0 Å². The predicted octanol–water partition coefficient (Wildman–Crippen LogP) is 2.71. The first-order valence-electron chi connectivity index (χ1n) is 7.09. The van der Waals surface area contributed by atoms with Gasteiger partial charge in [-0.15, -0.1) is 0 Å². The molecule has 0 spiro atoms. The molecule has 0 aromatic rings. The van der Waals surface area contributed by atoms with E-state index in [0.717, 1.165) is 12.5 Å². The molecular weight excluding hydrogens is 198 g/mol. The van der Waals surface area contributed by atoms with Crippen molar-refractivity contribution in [3.05, 3.63) is 0 Å². The topological polar surface area (TPSA) is 32.3 Å². The summed E-state index contributed by atoms with van der Waals surface area (Å²) in [5.74, 6) is 1.42. The fourth-order valence-corrected chi connectivity index (χ4v) is 3.17. The zero-order chi connectivity index (χ0) is 11.6. The van der Waals surface area contributed by atoms with Crippen molar-refractivity contribution >= 4 is 0 Å². The zero-order valence-corrected chi connectivity index (χ0v) is 10.8. The van der Waals surface area contributed by atoms with Crippen molar-refractivity contribution in [2.75, 3.05) is 6.54 Å². The van der Waals surface area contributed by atoms with Crippen LogP contribution in [0.3, 0.4) is 0 Å². The van der Waals surface area contributed by atoms with Crippen LogP contribution in [0.25, 0.3) is 0 Å². The molecule has 0 heterocycles. The minimum absolute atomic E-state index is 0.487. The Balaban J connectivity index is 1.77. The molecule has 2 heteroatoms. The molecular formula is C14H27NO. The van der Waals surface area contributed by atoms with Gasteiger partial charge >= 0.3 is 0 Å². The smallest absolute Gasteiger partial charge is 0.0771 e. The highest BCUT2D eigenvalue weighted by atomic mass is 16.3. The summed E-state index contributed by atoms with van der Waals surface area (Å²) in [6.45, 7) is 5.06. The third-order valence-corrected chi connectivity index (χ3v) is 4.59. The third-order valence-electron chi connectivity index (χ3n) is 4.59. The van der Waals surface area contributed by atoms with E-state index in [-0.39, 0.29) is 0 Å². The Labute approximate surface area is 99.8 Å². The lowest BCUT2D eigenvalue weighted by Crippen LogP contribution is -2.47. The van der Waals surface area contributed by atoms with Gasteiger partial charge in [-0.1, -0.05) is 19.8 Å². The molecule has 0 aliphatic heterocycles. The minimum atomic E-state index is -0.487. The third kappa shape index (κ3) is 2.98. The fraction of sp³-hybridized carbons (Fsp3) is 1.00. The first-order chi connectivity index (χ1) is 7.63. The van der Waals surface area contributed by atoms with Crippen LogP contribution in [0.15, 0.2) is 0 Å². The second-order valence-electron chi connectivity index (χ2n) is 6.07. The average Bonchev–Trinajstić information content (AvgIpc) is 2.93. The molecule has 0 radical (unpaired) electrons. The van der Waals surface area contributed by atoms with Gasteiger partial charge in [-0.25, -0.2) is 0 Å². The van der Waals surface area contributed by atoms with Crippen LogP contribution in [0.2, 0.25) is 0 Å². The number of nitrogens with one attached hydrogen (secondary N) is 1. The van der Waals surface area contributed by atoms with Crippen molar-refractivity contribution in [2.45, 2.75) is 70.4 Å². The Kier molecular flexibility index (Phi) is 3.91. The monoisotopic (exact) mass is 225 g/mol. The molecule has 0 aromatic carbocycles. The van der Waals surface area contributed by atoms with Gasteiger partial charge in [-0.05, 0) is 50.9 Å². The second-order valence-corrected chi connectivity index (χ2v) is 6.07. The summed E-state index contributed by atoms with van der Waals surface area (Å²) in [6.07, 6.45) is 9.02. The van der Waals surface area contributed by atoms with Gasteiger partial charge in [0.25, 0.3) is 0 Å². The minimum Gasteiger partial charge on any atom is -0.389 e. The van der Waals surface area contributed by atoms with Crippen LogP contribution in [0.1, 0.15) is 58.8 Å². The molecule has 0 bridgehead atoms. The van der Waals surface area contributed by atoms with Crippen molar-refractivity contribution in [1.82, 2.24) is 5.32 Å². The van der Waals surface area contributed by atoms with Crippen molar-refractivity contribution in [2.24, 2.45) is 11.8 Å². The SMILES string of the molecule is CCC(NCC(C)(O)C1CCCC1)C1CC1. The summed E-state index contributed by atoms with van der Waals surface area (Å²) in [5.41, 5.74) is -0.487. The molecule has 94 valence electrons. The second kappa shape index (κ2) is 5.05. The van der Waals surface area contributed by atoms with Gasteiger partial charge in [-0.3, -0.25) is 0 Å². The van der Waals surface area contributed by atoms with Crippen LogP contribution >= 0.6 is 0 Å².